The second-order valence-electron chi connectivity index (χ2n) is 6.28. The van der Waals surface area contributed by atoms with Gasteiger partial charge in [0, 0.05) is 39.3 Å². The highest BCUT2D eigenvalue weighted by atomic mass is 19.1. The van der Waals surface area contributed by atoms with Crippen LogP contribution in [-0.4, -0.2) is 55.1 Å². The number of ether oxygens (including phenoxy) is 1. The summed E-state index contributed by atoms with van der Waals surface area (Å²) in [7, 11) is 0. The molecule has 1 aromatic rings. The molecule has 2 aliphatic heterocycles. The van der Waals surface area contributed by atoms with Crippen LogP contribution >= 0.6 is 0 Å². The number of carbonyl (C=O) groups excluding carboxylic acids is 1. The maximum Gasteiger partial charge on any atom is 0.248 e. The van der Waals surface area contributed by atoms with E-state index in [2.05, 4.69) is 4.90 Å². The van der Waals surface area contributed by atoms with Crippen molar-refractivity contribution in [2.24, 2.45) is 11.8 Å². The summed E-state index contributed by atoms with van der Waals surface area (Å²) in [5, 5.41) is 0. The molecule has 4 nitrogen and oxygen atoms in total. The topological polar surface area (TPSA) is 32.8 Å². The van der Waals surface area contributed by atoms with Crippen LogP contribution in [0.25, 0.3) is 0 Å². The van der Waals surface area contributed by atoms with Crippen LogP contribution in [0.3, 0.4) is 0 Å². The Hall–Kier alpha value is -1.46. The SMILES string of the molecule is CCOCC(=O)N1C[C@H]2CN(Cc3cccc(F)c3)C[C@H]2C1. The maximum atomic E-state index is 13.2. The fourth-order valence-corrected chi connectivity index (χ4v) is 3.60. The Morgan fingerprint density at radius 3 is 2.64 bits per heavy atom. The Balaban J connectivity index is 1.50. The van der Waals surface area contributed by atoms with Gasteiger partial charge in [0.1, 0.15) is 12.4 Å². The zero-order valence-corrected chi connectivity index (χ0v) is 13.0. The normalized spacial score (nSPS) is 24.7. The van der Waals surface area contributed by atoms with Gasteiger partial charge in [0.2, 0.25) is 5.91 Å². The molecule has 22 heavy (non-hydrogen) atoms. The van der Waals surface area contributed by atoms with Gasteiger partial charge < -0.3 is 9.64 Å². The zero-order valence-electron chi connectivity index (χ0n) is 13.0. The first-order valence-electron chi connectivity index (χ1n) is 7.98. The summed E-state index contributed by atoms with van der Waals surface area (Å²) in [6, 6.07) is 6.81. The van der Waals surface area contributed by atoms with Gasteiger partial charge in [-0.1, -0.05) is 12.1 Å². The van der Waals surface area contributed by atoms with Crippen molar-refractivity contribution >= 4 is 5.91 Å². The second kappa shape index (κ2) is 6.75. The standard InChI is InChI=1S/C17H23FN2O2/c1-2-22-12-17(21)20-10-14-8-19(9-15(14)11-20)7-13-4-3-5-16(18)6-13/h3-6,14-15H,2,7-12H2,1H3/t14-,15+. The first kappa shape index (κ1) is 15.4. The molecule has 1 amide bonds. The molecular formula is C17H23FN2O2. The monoisotopic (exact) mass is 306 g/mol. The molecule has 0 saturated carbocycles. The molecule has 2 heterocycles. The van der Waals surface area contributed by atoms with Gasteiger partial charge >= 0.3 is 0 Å². The van der Waals surface area contributed by atoms with E-state index in [1.807, 2.05) is 17.9 Å². The van der Waals surface area contributed by atoms with E-state index in [4.69, 9.17) is 4.74 Å². The third kappa shape index (κ3) is 3.47. The van der Waals surface area contributed by atoms with Gasteiger partial charge in [0.25, 0.3) is 0 Å². The van der Waals surface area contributed by atoms with E-state index in [0.29, 0.717) is 18.4 Å². The number of halogens is 1. The van der Waals surface area contributed by atoms with Crippen LogP contribution in [0.5, 0.6) is 0 Å². The lowest BCUT2D eigenvalue weighted by molar-refractivity contribution is -0.135. The van der Waals surface area contributed by atoms with E-state index in [-0.39, 0.29) is 18.3 Å². The molecule has 120 valence electrons. The number of hydrogen-bond donors (Lipinski definition) is 0. The average molecular weight is 306 g/mol. The Morgan fingerprint density at radius 2 is 2.00 bits per heavy atom. The molecular weight excluding hydrogens is 283 g/mol. The van der Waals surface area contributed by atoms with Crippen molar-refractivity contribution in [3.63, 3.8) is 0 Å². The lowest BCUT2D eigenvalue weighted by Gasteiger charge is -2.21. The Bertz CT molecular complexity index is 523. The average Bonchev–Trinajstić information content (AvgIpc) is 3.03. The third-order valence-electron chi connectivity index (χ3n) is 4.64. The van der Waals surface area contributed by atoms with Crippen LogP contribution in [-0.2, 0) is 16.1 Å². The van der Waals surface area contributed by atoms with Crippen molar-refractivity contribution in [3.05, 3.63) is 35.6 Å². The maximum absolute atomic E-state index is 13.2. The number of rotatable bonds is 5. The fraction of sp³-hybridized carbons (Fsp3) is 0.588. The molecule has 2 saturated heterocycles. The summed E-state index contributed by atoms with van der Waals surface area (Å²) >= 11 is 0. The second-order valence-corrected chi connectivity index (χ2v) is 6.28. The fourth-order valence-electron chi connectivity index (χ4n) is 3.60. The predicted molar refractivity (Wildman–Crippen MR) is 81.7 cm³/mol. The van der Waals surface area contributed by atoms with Gasteiger partial charge in [-0.2, -0.15) is 0 Å². The van der Waals surface area contributed by atoms with Crippen molar-refractivity contribution in [2.45, 2.75) is 13.5 Å². The Morgan fingerprint density at radius 1 is 1.27 bits per heavy atom. The van der Waals surface area contributed by atoms with Crippen molar-refractivity contribution in [3.8, 4) is 0 Å². The van der Waals surface area contributed by atoms with Gasteiger partial charge in [-0.15, -0.1) is 0 Å². The molecule has 2 fully saturated rings. The van der Waals surface area contributed by atoms with Gasteiger partial charge in [0.05, 0.1) is 0 Å². The molecule has 0 N–H and O–H groups in total. The Kier molecular flexibility index (Phi) is 4.74. The van der Waals surface area contributed by atoms with Gasteiger partial charge in [0.15, 0.2) is 0 Å². The van der Waals surface area contributed by atoms with Crippen LogP contribution in [0.15, 0.2) is 24.3 Å². The summed E-state index contributed by atoms with van der Waals surface area (Å²) in [6.07, 6.45) is 0. The zero-order chi connectivity index (χ0) is 15.5. The number of likely N-dealkylation sites (tertiary alicyclic amines) is 2. The molecule has 0 aliphatic carbocycles. The molecule has 2 atom stereocenters. The highest BCUT2D eigenvalue weighted by molar-refractivity contribution is 5.77. The molecule has 1 aromatic carbocycles. The van der Waals surface area contributed by atoms with E-state index in [0.717, 1.165) is 38.3 Å². The van der Waals surface area contributed by atoms with Crippen LogP contribution in [0.4, 0.5) is 4.39 Å². The predicted octanol–water partition coefficient (Wildman–Crippen LogP) is 1.75. The minimum atomic E-state index is -0.176. The van der Waals surface area contributed by atoms with E-state index >= 15 is 0 Å². The van der Waals surface area contributed by atoms with Crippen LogP contribution in [0, 0.1) is 17.7 Å². The van der Waals surface area contributed by atoms with Crippen LogP contribution in [0.2, 0.25) is 0 Å². The lowest BCUT2D eigenvalue weighted by atomic mass is 10.0. The number of hydrogen-bond acceptors (Lipinski definition) is 3. The van der Waals surface area contributed by atoms with Gasteiger partial charge in [-0.05, 0) is 36.5 Å². The molecule has 0 unspecified atom stereocenters. The minimum absolute atomic E-state index is 0.105. The number of carbonyl (C=O) groups is 1. The van der Waals surface area contributed by atoms with E-state index in [1.165, 1.54) is 6.07 Å². The highest BCUT2D eigenvalue weighted by Gasteiger charge is 2.41. The number of amides is 1. The van der Waals surface area contributed by atoms with Gasteiger partial charge in [-0.25, -0.2) is 4.39 Å². The Labute approximate surface area is 130 Å². The molecule has 0 spiro atoms. The molecule has 0 radical (unpaired) electrons. The van der Waals surface area contributed by atoms with Crippen molar-refractivity contribution in [1.82, 2.24) is 9.80 Å². The summed E-state index contributed by atoms with van der Waals surface area (Å²) in [5.41, 5.74) is 1.02. The minimum Gasteiger partial charge on any atom is -0.372 e. The first-order chi connectivity index (χ1) is 10.7. The number of fused-ring (bicyclic) bond motifs is 1. The van der Waals surface area contributed by atoms with Gasteiger partial charge in [-0.3, -0.25) is 9.69 Å². The van der Waals surface area contributed by atoms with E-state index in [9.17, 15) is 9.18 Å². The molecule has 2 aliphatic rings. The highest BCUT2D eigenvalue weighted by Crippen LogP contribution is 2.31. The quantitative estimate of drug-likeness (QED) is 0.831. The summed E-state index contributed by atoms with van der Waals surface area (Å²) < 4.78 is 18.4. The first-order valence-corrected chi connectivity index (χ1v) is 7.98. The van der Waals surface area contributed by atoms with Crippen LogP contribution < -0.4 is 0 Å². The van der Waals surface area contributed by atoms with E-state index in [1.54, 1.807) is 12.1 Å². The van der Waals surface area contributed by atoms with Crippen molar-refractivity contribution in [2.75, 3.05) is 39.4 Å². The largest absolute Gasteiger partial charge is 0.372 e. The molecule has 0 bridgehead atoms. The van der Waals surface area contributed by atoms with Crippen molar-refractivity contribution < 1.29 is 13.9 Å². The summed E-state index contributed by atoms with van der Waals surface area (Å²) in [5.74, 6) is 1.01. The van der Waals surface area contributed by atoms with Crippen LogP contribution in [0.1, 0.15) is 12.5 Å². The third-order valence-corrected chi connectivity index (χ3v) is 4.64. The molecule has 0 aromatic heterocycles. The van der Waals surface area contributed by atoms with Crippen molar-refractivity contribution in [1.29, 1.82) is 0 Å². The molecule has 5 heteroatoms. The van der Waals surface area contributed by atoms with E-state index < -0.39 is 0 Å². The number of nitrogens with zero attached hydrogens (tertiary/aromatic N) is 2. The lowest BCUT2D eigenvalue weighted by Crippen LogP contribution is -2.35. The number of benzene rings is 1. The molecule has 3 rings (SSSR count). The summed E-state index contributed by atoms with van der Waals surface area (Å²) in [4.78, 5) is 16.3. The smallest absolute Gasteiger partial charge is 0.248 e. The summed E-state index contributed by atoms with van der Waals surface area (Å²) in [6.45, 7) is 7.09.